The van der Waals surface area contributed by atoms with E-state index in [2.05, 4.69) is 21.3 Å². The summed E-state index contributed by atoms with van der Waals surface area (Å²) in [7, 11) is 0. The highest BCUT2D eigenvalue weighted by Gasteiger charge is 2.26. The second kappa shape index (κ2) is 14.8. The van der Waals surface area contributed by atoms with Crippen LogP contribution in [0.25, 0.3) is 0 Å². The zero-order valence-corrected chi connectivity index (χ0v) is 22.7. The van der Waals surface area contributed by atoms with Crippen molar-refractivity contribution in [3.63, 3.8) is 0 Å². The lowest BCUT2D eigenvalue weighted by Gasteiger charge is -2.23. The topological polar surface area (TPSA) is 215 Å². The highest BCUT2D eigenvalue weighted by atomic mass is 16.7. The summed E-state index contributed by atoms with van der Waals surface area (Å²) in [5.74, 6) is -1.67. The van der Waals surface area contributed by atoms with Gasteiger partial charge in [0.25, 0.3) is 5.69 Å². The Morgan fingerprint density at radius 2 is 1.54 bits per heavy atom. The molecule has 220 valence electrons. The van der Waals surface area contributed by atoms with Gasteiger partial charge < -0.3 is 35.8 Å². The van der Waals surface area contributed by atoms with Gasteiger partial charge in [0.2, 0.25) is 17.7 Å². The molecule has 0 bridgehead atoms. The molecule has 3 unspecified atom stereocenters. The molecule has 41 heavy (non-hydrogen) atoms. The molecule has 2 aromatic carbocycles. The van der Waals surface area contributed by atoms with Crippen molar-refractivity contribution in [2.45, 2.75) is 45.9 Å². The van der Waals surface area contributed by atoms with Gasteiger partial charge in [0, 0.05) is 24.7 Å². The number of hydrogen-bond acceptors (Lipinski definition) is 9. The van der Waals surface area contributed by atoms with Crippen LogP contribution in [0, 0.1) is 16.0 Å². The number of non-ortho nitro benzene ring substituents is 1. The number of nitro benzene ring substituents is 1. The Morgan fingerprint density at radius 1 is 0.927 bits per heavy atom. The first-order chi connectivity index (χ1) is 19.3. The van der Waals surface area contributed by atoms with Gasteiger partial charge in [0.15, 0.2) is 0 Å². The van der Waals surface area contributed by atoms with Crippen molar-refractivity contribution in [2.75, 3.05) is 11.9 Å². The van der Waals surface area contributed by atoms with Crippen molar-refractivity contribution >= 4 is 41.3 Å². The second-order valence-corrected chi connectivity index (χ2v) is 9.16. The van der Waals surface area contributed by atoms with Gasteiger partial charge in [0.05, 0.1) is 11.5 Å². The molecule has 2 aromatic rings. The second-order valence-electron chi connectivity index (χ2n) is 9.16. The molecule has 0 aliphatic carbocycles. The normalized spacial score (nSPS) is 12.7. The van der Waals surface area contributed by atoms with E-state index in [4.69, 9.17) is 14.6 Å². The minimum Gasteiger partial charge on any atom is -0.465 e. The number of carbonyl (C=O) groups is 5. The minimum absolute atomic E-state index is 0.0263. The van der Waals surface area contributed by atoms with Gasteiger partial charge in [-0.2, -0.15) is 0 Å². The molecule has 0 aromatic heterocycles. The number of ether oxygens (including phenoxy) is 2. The lowest BCUT2D eigenvalue weighted by Crippen LogP contribution is -2.53. The summed E-state index contributed by atoms with van der Waals surface area (Å²) >= 11 is 0. The maximum atomic E-state index is 12.6. The molecule has 15 heteroatoms. The molecule has 3 atom stereocenters. The molecule has 0 radical (unpaired) electrons. The van der Waals surface area contributed by atoms with Gasteiger partial charge in [-0.3, -0.25) is 24.5 Å². The van der Waals surface area contributed by atoms with E-state index in [9.17, 15) is 34.1 Å². The molecule has 0 saturated carbocycles. The van der Waals surface area contributed by atoms with Crippen LogP contribution in [0.2, 0.25) is 0 Å². The first-order valence-corrected chi connectivity index (χ1v) is 12.3. The molecule has 15 nitrogen and oxygen atoms in total. The number of nitrogens with one attached hydrogen (secondary N) is 4. The Morgan fingerprint density at radius 3 is 2.05 bits per heavy atom. The van der Waals surface area contributed by atoms with Gasteiger partial charge in [-0.1, -0.05) is 26.0 Å². The zero-order chi connectivity index (χ0) is 30.7. The number of rotatable bonds is 12. The predicted molar refractivity (Wildman–Crippen MR) is 144 cm³/mol. The molecule has 0 aliphatic heterocycles. The number of hydrogen-bond donors (Lipinski definition) is 5. The van der Waals surface area contributed by atoms with Gasteiger partial charge in [-0.15, -0.1) is 0 Å². The fraction of sp³-hybridized carbons (Fsp3) is 0.346. The van der Waals surface area contributed by atoms with Crippen molar-refractivity contribution in [3.8, 4) is 5.75 Å². The Labute approximate surface area is 234 Å². The third-order valence-electron chi connectivity index (χ3n) is 5.54. The molecule has 0 aliphatic rings. The van der Waals surface area contributed by atoms with Crippen LogP contribution in [0.5, 0.6) is 5.75 Å². The highest BCUT2D eigenvalue weighted by Crippen LogP contribution is 2.22. The zero-order valence-electron chi connectivity index (χ0n) is 22.7. The van der Waals surface area contributed by atoms with Crippen LogP contribution in [0.1, 0.15) is 39.4 Å². The standard InChI is InChI=1S/C26H31N5O10/c1-14(2)22(29-16(4)32)24(34)28-15(3)23(33)30-18-7-5-17(6-8-18)21(13-27-25(35)36)41-26(37)40-20-11-9-19(10-12-20)31(38)39/h5-12,14-15,21-22,27H,13H2,1-4H3,(H,28,34)(H,29,32)(H,30,33)(H,35,36). The summed E-state index contributed by atoms with van der Waals surface area (Å²) in [6.07, 6.45) is -3.67. The maximum Gasteiger partial charge on any atom is 0.514 e. The van der Waals surface area contributed by atoms with Crippen LogP contribution < -0.4 is 26.0 Å². The van der Waals surface area contributed by atoms with Gasteiger partial charge in [-0.25, -0.2) is 9.59 Å². The fourth-order valence-electron chi connectivity index (χ4n) is 3.43. The average Bonchev–Trinajstić information content (AvgIpc) is 2.89. The number of nitro groups is 1. The maximum absolute atomic E-state index is 12.6. The smallest absolute Gasteiger partial charge is 0.465 e. The van der Waals surface area contributed by atoms with Crippen LogP contribution in [-0.4, -0.2) is 58.6 Å². The Kier molecular flexibility index (Phi) is 11.6. The lowest BCUT2D eigenvalue weighted by atomic mass is 10.0. The largest absolute Gasteiger partial charge is 0.514 e. The van der Waals surface area contributed by atoms with Gasteiger partial charge >= 0.3 is 12.2 Å². The van der Waals surface area contributed by atoms with E-state index in [-0.39, 0.29) is 29.8 Å². The van der Waals surface area contributed by atoms with Crippen LogP contribution in [0.3, 0.4) is 0 Å². The summed E-state index contributed by atoms with van der Waals surface area (Å²) in [6, 6.07) is 8.85. The number of anilines is 1. The average molecular weight is 574 g/mol. The number of amides is 4. The van der Waals surface area contributed by atoms with E-state index in [1.165, 1.54) is 50.2 Å². The molecule has 0 heterocycles. The Bertz CT molecular complexity index is 1260. The summed E-state index contributed by atoms with van der Waals surface area (Å²) in [5, 5.41) is 29.6. The molecule has 0 saturated heterocycles. The van der Waals surface area contributed by atoms with Crippen LogP contribution >= 0.6 is 0 Å². The van der Waals surface area contributed by atoms with Crippen molar-refractivity contribution in [2.24, 2.45) is 5.92 Å². The highest BCUT2D eigenvalue weighted by molar-refractivity contribution is 5.98. The first-order valence-electron chi connectivity index (χ1n) is 12.3. The van der Waals surface area contributed by atoms with Gasteiger partial charge in [-0.05, 0) is 42.7 Å². The Balaban J connectivity index is 2.05. The van der Waals surface area contributed by atoms with Crippen molar-refractivity contribution in [1.82, 2.24) is 16.0 Å². The summed E-state index contributed by atoms with van der Waals surface area (Å²) < 4.78 is 10.3. The van der Waals surface area contributed by atoms with E-state index in [1.807, 2.05) is 0 Å². The first kappa shape index (κ1) is 32.0. The van der Waals surface area contributed by atoms with E-state index in [0.717, 1.165) is 12.1 Å². The third kappa shape index (κ3) is 10.5. The monoisotopic (exact) mass is 573 g/mol. The number of nitrogens with zero attached hydrogens (tertiary/aromatic N) is 1. The van der Waals surface area contributed by atoms with E-state index in [1.54, 1.807) is 13.8 Å². The van der Waals surface area contributed by atoms with E-state index >= 15 is 0 Å². The molecular formula is C26H31N5O10. The van der Waals surface area contributed by atoms with Crippen LogP contribution in [0.4, 0.5) is 21.0 Å². The van der Waals surface area contributed by atoms with Crippen molar-refractivity contribution < 1.29 is 43.5 Å². The predicted octanol–water partition coefficient (Wildman–Crippen LogP) is 2.72. The number of benzene rings is 2. The molecule has 0 spiro atoms. The van der Waals surface area contributed by atoms with Crippen molar-refractivity contribution in [1.29, 1.82) is 0 Å². The SMILES string of the molecule is CC(=O)NC(C(=O)NC(C)C(=O)Nc1ccc(C(CNC(=O)O)OC(=O)Oc2ccc([N+](=O)[O-])cc2)cc1)C(C)C. The summed E-state index contributed by atoms with van der Waals surface area (Å²) in [6.45, 7) is 5.95. The summed E-state index contributed by atoms with van der Waals surface area (Å²) in [4.78, 5) is 70.0. The fourth-order valence-corrected chi connectivity index (χ4v) is 3.43. The molecule has 5 N–H and O–H groups in total. The molecule has 4 amide bonds. The summed E-state index contributed by atoms with van der Waals surface area (Å²) in [5.41, 5.74) is 0.484. The van der Waals surface area contributed by atoms with Crippen molar-refractivity contribution in [3.05, 3.63) is 64.2 Å². The Hall–Kier alpha value is -5.21. The minimum atomic E-state index is -1.36. The lowest BCUT2D eigenvalue weighted by molar-refractivity contribution is -0.384. The van der Waals surface area contributed by atoms with E-state index < -0.39 is 47.2 Å². The van der Waals surface area contributed by atoms with Crippen LogP contribution in [0.15, 0.2) is 48.5 Å². The van der Waals surface area contributed by atoms with Crippen LogP contribution in [-0.2, 0) is 19.1 Å². The molecular weight excluding hydrogens is 542 g/mol. The van der Waals surface area contributed by atoms with Gasteiger partial charge in [0.1, 0.15) is 23.9 Å². The van der Waals surface area contributed by atoms with E-state index in [0.29, 0.717) is 11.3 Å². The number of carbonyl (C=O) groups excluding carboxylic acids is 4. The number of carboxylic acid groups (broad SMARTS) is 1. The molecule has 0 fully saturated rings. The molecule has 2 rings (SSSR count). The third-order valence-corrected chi connectivity index (χ3v) is 5.54. The quantitative estimate of drug-likeness (QED) is 0.108.